The van der Waals surface area contributed by atoms with Crippen LogP contribution < -0.4 is 0 Å². The number of carbonyl (C=O) groups is 1. The second-order valence-electron chi connectivity index (χ2n) is 7.63. The van der Waals surface area contributed by atoms with E-state index in [2.05, 4.69) is 4.98 Å². The molecule has 1 amide bonds. The van der Waals surface area contributed by atoms with E-state index in [1.54, 1.807) is 23.1 Å². The maximum atomic E-state index is 13.6. The summed E-state index contributed by atoms with van der Waals surface area (Å²) in [4.78, 5) is 23.4. The van der Waals surface area contributed by atoms with Crippen molar-refractivity contribution in [2.24, 2.45) is 0 Å². The van der Waals surface area contributed by atoms with Gasteiger partial charge in [0.25, 0.3) is 0 Å². The zero-order valence-corrected chi connectivity index (χ0v) is 17.3. The van der Waals surface area contributed by atoms with Crippen LogP contribution in [0.4, 0.5) is 13.2 Å². The van der Waals surface area contributed by atoms with Crippen LogP contribution in [0.3, 0.4) is 0 Å². The SMILES string of the molecule is O=C(Cn1c(C(F)(F)F)nc2ccccc21)N1CCCCC1c1nc2ccccc2s1. The first-order valence-electron chi connectivity index (χ1n) is 10.1. The third-order valence-electron chi connectivity index (χ3n) is 5.62. The highest BCUT2D eigenvalue weighted by Crippen LogP contribution is 2.37. The largest absolute Gasteiger partial charge is 0.449 e. The molecule has 1 unspecified atom stereocenters. The number of benzene rings is 2. The number of rotatable bonds is 3. The lowest BCUT2D eigenvalue weighted by molar-refractivity contribution is -0.148. The number of alkyl halides is 3. The molecule has 3 heterocycles. The molecule has 1 aliphatic heterocycles. The molecule has 0 spiro atoms. The van der Waals surface area contributed by atoms with Gasteiger partial charge in [-0.05, 0) is 43.5 Å². The summed E-state index contributed by atoms with van der Waals surface area (Å²) in [6.45, 7) is 0.101. The Labute approximate surface area is 180 Å². The van der Waals surface area contributed by atoms with Crippen LogP contribution >= 0.6 is 11.3 Å². The topological polar surface area (TPSA) is 51.0 Å². The molecule has 160 valence electrons. The number of likely N-dealkylation sites (tertiary alicyclic amines) is 1. The van der Waals surface area contributed by atoms with Crippen LogP contribution in [0.25, 0.3) is 21.3 Å². The highest BCUT2D eigenvalue weighted by Gasteiger charge is 2.39. The molecule has 2 aromatic carbocycles. The van der Waals surface area contributed by atoms with E-state index in [9.17, 15) is 18.0 Å². The fourth-order valence-electron chi connectivity index (χ4n) is 4.20. The number of aromatic nitrogens is 3. The van der Waals surface area contributed by atoms with E-state index in [0.717, 1.165) is 39.1 Å². The van der Waals surface area contributed by atoms with E-state index in [1.165, 1.54) is 17.4 Å². The average molecular weight is 444 g/mol. The molecule has 9 heteroatoms. The van der Waals surface area contributed by atoms with Crippen LogP contribution in [0.5, 0.6) is 0 Å². The third-order valence-corrected chi connectivity index (χ3v) is 6.76. The number of carbonyl (C=O) groups excluding carboxylic acids is 1. The van der Waals surface area contributed by atoms with Crippen molar-refractivity contribution in [3.05, 3.63) is 59.4 Å². The van der Waals surface area contributed by atoms with Crippen molar-refractivity contribution in [3.8, 4) is 0 Å². The van der Waals surface area contributed by atoms with Crippen LogP contribution in [0.15, 0.2) is 48.5 Å². The van der Waals surface area contributed by atoms with Crippen molar-refractivity contribution in [2.75, 3.05) is 6.54 Å². The number of fused-ring (bicyclic) bond motifs is 2. The van der Waals surface area contributed by atoms with E-state index in [-0.39, 0.29) is 17.5 Å². The minimum atomic E-state index is -4.65. The van der Waals surface area contributed by atoms with Gasteiger partial charge in [0.15, 0.2) is 0 Å². The molecule has 2 aromatic heterocycles. The van der Waals surface area contributed by atoms with Gasteiger partial charge in [-0.15, -0.1) is 11.3 Å². The highest BCUT2D eigenvalue weighted by atomic mass is 32.1. The first-order valence-corrected chi connectivity index (χ1v) is 10.9. The molecule has 1 aliphatic rings. The van der Waals surface area contributed by atoms with E-state index in [4.69, 9.17) is 4.98 Å². The average Bonchev–Trinajstić information content (AvgIpc) is 3.35. The van der Waals surface area contributed by atoms with Gasteiger partial charge in [0, 0.05) is 6.54 Å². The number of piperidine rings is 1. The number of halogens is 3. The van der Waals surface area contributed by atoms with Crippen molar-refractivity contribution in [2.45, 2.75) is 38.0 Å². The van der Waals surface area contributed by atoms with Crippen LogP contribution in [0.2, 0.25) is 0 Å². The minimum Gasteiger partial charge on any atom is -0.332 e. The lowest BCUT2D eigenvalue weighted by Crippen LogP contribution is -2.40. The zero-order chi connectivity index (χ0) is 21.6. The summed E-state index contributed by atoms with van der Waals surface area (Å²) >= 11 is 1.54. The Morgan fingerprint density at radius 1 is 1.03 bits per heavy atom. The number of nitrogens with zero attached hydrogens (tertiary/aromatic N) is 4. The molecule has 0 N–H and O–H groups in total. The van der Waals surface area contributed by atoms with Gasteiger partial charge in [-0.2, -0.15) is 13.2 Å². The van der Waals surface area contributed by atoms with Gasteiger partial charge in [-0.3, -0.25) is 4.79 Å². The number of thiazole rings is 1. The minimum absolute atomic E-state index is 0.220. The monoisotopic (exact) mass is 444 g/mol. The molecule has 1 saturated heterocycles. The van der Waals surface area contributed by atoms with E-state index in [0.29, 0.717) is 12.1 Å². The summed E-state index contributed by atoms with van der Waals surface area (Å²) in [5.41, 5.74) is 1.40. The summed E-state index contributed by atoms with van der Waals surface area (Å²) < 4.78 is 42.9. The van der Waals surface area contributed by atoms with Gasteiger partial charge in [0.05, 0.1) is 27.3 Å². The molecule has 0 bridgehead atoms. The Bertz CT molecular complexity index is 1230. The quantitative estimate of drug-likeness (QED) is 0.424. The number of hydrogen-bond donors (Lipinski definition) is 0. The molecular weight excluding hydrogens is 425 g/mol. The van der Waals surface area contributed by atoms with Crippen LogP contribution in [-0.2, 0) is 17.5 Å². The normalized spacial score (nSPS) is 17.5. The molecule has 5 rings (SSSR count). The first kappa shape index (κ1) is 20.0. The fraction of sp³-hybridized carbons (Fsp3) is 0.318. The van der Waals surface area contributed by atoms with Gasteiger partial charge in [0.1, 0.15) is 11.6 Å². The summed E-state index contributed by atoms with van der Waals surface area (Å²) in [5.74, 6) is -1.40. The van der Waals surface area contributed by atoms with Crippen LogP contribution in [-0.4, -0.2) is 31.9 Å². The maximum absolute atomic E-state index is 13.6. The van der Waals surface area contributed by atoms with Crippen molar-refractivity contribution >= 4 is 38.5 Å². The molecule has 0 saturated carbocycles. The Morgan fingerprint density at radius 2 is 1.77 bits per heavy atom. The van der Waals surface area contributed by atoms with Crippen molar-refractivity contribution in [1.82, 2.24) is 19.4 Å². The van der Waals surface area contributed by atoms with Crippen molar-refractivity contribution in [1.29, 1.82) is 0 Å². The summed E-state index contributed by atoms with van der Waals surface area (Å²) in [6, 6.07) is 13.9. The highest BCUT2D eigenvalue weighted by molar-refractivity contribution is 7.18. The maximum Gasteiger partial charge on any atom is 0.449 e. The Balaban J connectivity index is 1.49. The lowest BCUT2D eigenvalue weighted by Gasteiger charge is -2.34. The van der Waals surface area contributed by atoms with E-state index >= 15 is 0 Å². The zero-order valence-electron chi connectivity index (χ0n) is 16.5. The molecule has 0 radical (unpaired) electrons. The summed E-state index contributed by atoms with van der Waals surface area (Å²) in [5, 5.41) is 0.834. The van der Waals surface area contributed by atoms with E-state index in [1.807, 2.05) is 24.3 Å². The van der Waals surface area contributed by atoms with Gasteiger partial charge in [0.2, 0.25) is 11.7 Å². The van der Waals surface area contributed by atoms with Gasteiger partial charge in [-0.25, -0.2) is 9.97 Å². The molecule has 5 nitrogen and oxygen atoms in total. The van der Waals surface area contributed by atoms with Crippen LogP contribution in [0, 0.1) is 0 Å². The first-order chi connectivity index (χ1) is 14.9. The number of imidazole rings is 1. The van der Waals surface area contributed by atoms with Crippen molar-refractivity contribution < 1.29 is 18.0 Å². The van der Waals surface area contributed by atoms with Crippen LogP contribution in [0.1, 0.15) is 36.1 Å². The van der Waals surface area contributed by atoms with Crippen molar-refractivity contribution in [3.63, 3.8) is 0 Å². The molecule has 1 fully saturated rings. The second-order valence-corrected chi connectivity index (χ2v) is 8.69. The van der Waals surface area contributed by atoms with Gasteiger partial charge >= 0.3 is 6.18 Å². The van der Waals surface area contributed by atoms with Gasteiger partial charge in [-0.1, -0.05) is 24.3 Å². The number of para-hydroxylation sites is 3. The van der Waals surface area contributed by atoms with Gasteiger partial charge < -0.3 is 9.47 Å². The Morgan fingerprint density at radius 3 is 2.55 bits per heavy atom. The molecule has 4 aromatic rings. The molecule has 0 aliphatic carbocycles. The predicted octanol–water partition coefficient (Wildman–Crippen LogP) is 5.42. The molecule has 1 atom stereocenters. The molecular formula is C22H19F3N4OS. The Kier molecular flexibility index (Phi) is 4.92. The number of amides is 1. The standard InChI is InChI=1S/C22H19F3N4OS/c23-22(24,25)21-27-14-7-1-3-9-16(14)29(21)13-19(30)28-12-6-5-10-17(28)20-26-15-8-2-4-11-18(15)31-20/h1-4,7-9,11,17H,5-6,10,12-13H2. The fourth-order valence-corrected chi connectivity index (χ4v) is 5.31. The third kappa shape index (κ3) is 3.67. The predicted molar refractivity (Wildman–Crippen MR) is 113 cm³/mol. The smallest absolute Gasteiger partial charge is 0.332 e. The number of hydrogen-bond acceptors (Lipinski definition) is 4. The Hall–Kier alpha value is -2.94. The summed E-state index contributed by atoms with van der Waals surface area (Å²) in [7, 11) is 0. The second kappa shape index (κ2) is 7.64. The van der Waals surface area contributed by atoms with E-state index < -0.39 is 18.5 Å². The summed E-state index contributed by atoms with van der Waals surface area (Å²) in [6.07, 6.45) is -2.12. The lowest BCUT2D eigenvalue weighted by atomic mass is 10.0. The molecule has 31 heavy (non-hydrogen) atoms.